The highest BCUT2D eigenvalue weighted by Crippen LogP contribution is 2.35. The van der Waals surface area contributed by atoms with Crippen LogP contribution < -0.4 is 5.56 Å². The summed E-state index contributed by atoms with van der Waals surface area (Å²) in [6.07, 6.45) is 1.20. The molecule has 2 aromatic rings. The largest absolute Gasteiger partial charge is 0.507 e. The van der Waals surface area contributed by atoms with Gasteiger partial charge in [0.25, 0.3) is 5.56 Å². The minimum absolute atomic E-state index is 0.0657. The lowest BCUT2D eigenvalue weighted by Gasteiger charge is -2.37. The highest BCUT2D eigenvalue weighted by Gasteiger charge is 2.34. The van der Waals surface area contributed by atoms with Gasteiger partial charge in [-0.05, 0) is 70.5 Å². The molecule has 7 heteroatoms. The summed E-state index contributed by atoms with van der Waals surface area (Å²) < 4.78 is 20.3. The van der Waals surface area contributed by atoms with E-state index in [1.165, 1.54) is 12.1 Å². The lowest BCUT2D eigenvalue weighted by Crippen LogP contribution is -2.42. The van der Waals surface area contributed by atoms with Gasteiger partial charge < -0.3 is 14.4 Å². The first-order valence-electron chi connectivity index (χ1n) is 10.5. The molecule has 3 rings (SSSR count). The molecule has 30 heavy (non-hydrogen) atoms. The van der Waals surface area contributed by atoms with Gasteiger partial charge in [0.2, 0.25) is 0 Å². The summed E-state index contributed by atoms with van der Waals surface area (Å²) in [6, 6.07) is 7.08. The number of aromatic hydroxyl groups is 1. The van der Waals surface area contributed by atoms with Gasteiger partial charge in [-0.2, -0.15) is 0 Å². The molecule has 0 bridgehead atoms. The van der Waals surface area contributed by atoms with Crippen LogP contribution in [-0.2, 0) is 16.1 Å². The Morgan fingerprint density at radius 3 is 2.43 bits per heavy atom. The summed E-state index contributed by atoms with van der Waals surface area (Å²) in [6.45, 7) is 7.41. The molecule has 1 saturated heterocycles. The topological polar surface area (TPSA) is 71.8 Å². The predicted molar refractivity (Wildman–Crippen MR) is 112 cm³/mol. The van der Waals surface area contributed by atoms with Crippen molar-refractivity contribution in [3.05, 3.63) is 63.3 Å². The third-order valence-corrected chi connectivity index (χ3v) is 5.81. The van der Waals surface area contributed by atoms with Crippen molar-refractivity contribution in [2.75, 3.05) is 19.7 Å². The molecule has 1 aliphatic rings. The molecule has 1 fully saturated rings. The average molecular weight is 416 g/mol. The van der Waals surface area contributed by atoms with Crippen LogP contribution in [0.4, 0.5) is 4.39 Å². The number of piperidine rings is 1. The van der Waals surface area contributed by atoms with Crippen molar-refractivity contribution < 1.29 is 19.0 Å². The molecule has 2 heterocycles. The normalized spacial score (nSPS) is 16.4. The smallest absolute Gasteiger partial charge is 0.309 e. The molecule has 1 N–H and O–H groups in total. The fraction of sp³-hybridized carbons (Fsp3) is 0.478. The Balaban J connectivity index is 2.01. The van der Waals surface area contributed by atoms with Gasteiger partial charge in [0, 0.05) is 12.2 Å². The van der Waals surface area contributed by atoms with Crippen molar-refractivity contribution in [1.29, 1.82) is 0 Å². The first-order valence-corrected chi connectivity index (χ1v) is 10.5. The summed E-state index contributed by atoms with van der Waals surface area (Å²) >= 11 is 0. The summed E-state index contributed by atoms with van der Waals surface area (Å²) in [7, 11) is 0. The highest BCUT2D eigenvalue weighted by molar-refractivity contribution is 5.72. The van der Waals surface area contributed by atoms with Crippen molar-refractivity contribution >= 4 is 5.97 Å². The first kappa shape index (κ1) is 22.0. The maximum Gasteiger partial charge on any atom is 0.309 e. The highest BCUT2D eigenvalue weighted by atomic mass is 19.1. The Morgan fingerprint density at radius 1 is 1.23 bits per heavy atom. The number of carbonyl (C=O) groups excluding carboxylic acids is 1. The summed E-state index contributed by atoms with van der Waals surface area (Å²) in [4.78, 5) is 27.4. The van der Waals surface area contributed by atoms with E-state index in [4.69, 9.17) is 4.74 Å². The number of rotatable bonds is 6. The second kappa shape index (κ2) is 9.43. The minimum Gasteiger partial charge on any atom is -0.507 e. The third-order valence-electron chi connectivity index (χ3n) is 5.81. The maximum absolute atomic E-state index is 13.6. The molecule has 0 aliphatic carbocycles. The van der Waals surface area contributed by atoms with Crippen molar-refractivity contribution in [2.45, 2.75) is 46.2 Å². The lowest BCUT2D eigenvalue weighted by atomic mass is 9.91. The van der Waals surface area contributed by atoms with E-state index in [-0.39, 0.29) is 34.6 Å². The number of esters is 1. The molecule has 0 amide bonds. The fourth-order valence-corrected chi connectivity index (χ4v) is 4.28. The number of aromatic nitrogens is 1. The number of pyridine rings is 1. The number of hydrogen-bond donors (Lipinski definition) is 1. The van der Waals surface area contributed by atoms with Crippen molar-refractivity contribution in [2.24, 2.45) is 5.92 Å². The van der Waals surface area contributed by atoms with Crippen LogP contribution in [0.1, 0.15) is 49.6 Å². The maximum atomic E-state index is 13.6. The lowest BCUT2D eigenvalue weighted by molar-refractivity contribution is -0.149. The van der Waals surface area contributed by atoms with Gasteiger partial charge >= 0.3 is 5.97 Å². The van der Waals surface area contributed by atoms with E-state index in [9.17, 15) is 19.1 Å². The summed E-state index contributed by atoms with van der Waals surface area (Å²) in [5, 5.41) is 10.7. The van der Waals surface area contributed by atoms with Crippen LogP contribution >= 0.6 is 0 Å². The Morgan fingerprint density at radius 2 is 1.87 bits per heavy atom. The van der Waals surface area contributed by atoms with Crippen LogP contribution in [0.15, 0.2) is 35.1 Å². The van der Waals surface area contributed by atoms with E-state index in [1.807, 2.05) is 6.92 Å². The monoisotopic (exact) mass is 416 g/mol. The molecule has 162 valence electrons. The van der Waals surface area contributed by atoms with Crippen LogP contribution in [0.3, 0.4) is 0 Å². The van der Waals surface area contributed by atoms with Crippen LogP contribution in [-0.4, -0.2) is 40.2 Å². The second-order valence-corrected chi connectivity index (χ2v) is 7.65. The number of benzene rings is 1. The van der Waals surface area contributed by atoms with Crippen LogP contribution in [0, 0.1) is 18.7 Å². The summed E-state index contributed by atoms with van der Waals surface area (Å²) in [5.74, 6) is -0.794. The zero-order valence-corrected chi connectivity index (χ0v) is 17.7. The van der Waals surface area contributed by atoms with Gasteiger partial charge in [-0.25, -0.2) is 4.39 Å². The van der Waals surface area contributed by atoms with Crippen molar-refractivity contribution in [3.8, 4) is 5.75 Å². The van der Waals surface area contributed by atoms with Crippen LogP contribution in [0.5, 0.6) is 5.75 Å². The minimum atomic E-state index is -0.528. The predicted octanol–water partition coefficient (Wildman–Crippen LogP) is 3.39. The Kier molecular flexibility index (Phi) is 6.92. The standard InChI is InChI=1S/C23H29FN2O4/c1-4-26-15(3)14-19(27)20(22(26)28)21(16-6-8-18(24)9-7-16)25-12-10-17(11-13-25)23(29)30-5-2/h6-9,14,17,21,27H,4-5,10-13H2,1-3H3. The Hall–Kier alpha value is -2.67. The summed E-state index contributed by atoms with van der Waals surface area (Å²) in [5.41, 5.74) is 1.44. The molecule has 0 spiro atoms. The zero-order chi connectivity index (χ0) is 21.8. The SMILES string of the molecule is CCOC(=O)C1CCN(C(c2ccc(F)cc2)c2c(O)cc(C)n(CC)c2=O)CC1. The molecular weight excluding hydrogens is 387 g/mol. The van der Waals surface area contributed by atoms with Gasteiger partial charge in [-0.1, -0.05) is 12.1 Å². The number of ether oxygens (including phenoxy) is 1. The molecule has 0 saturated carbocycles. The van der Waals surface area contributed by atoms with Crippen LogP contribution in [0.25, 0.3) is 0 Å². The zero-order valence-electron chi connectivity index (χ0n) is 17.7. The number of likely N-dealkylation sites (tertiary alicyclic amines) is 1. The quantitative estimate of drug-likeness (QED) is 0.731. The van der Waals surface area contributed by atoms with Crippen molar-refractivity contribution in [1.82, 2.24) is 9.47 Å². The number of carbonyl (C=O) groups is 1. The van der Waals surface area contributed by atoms with Gasteiger partial charge in [0.05, 0.1) is 24.1 Å². The molecule has 6 nitrogen and oxygen atoms in total. The molecule has 1 aromatic carbocycles. The number of hydrogen-bond acceptors (Lipinski definition) is 5. The van der Waals surface area contributed by atoms with Gasteiger partial charge in [-0.3, -0.25) is 14.5 Å². The fourth-order valence-electron chi connectivity index (χ4n) is 4.28. The Bertz CT molecular complexity index is 947. The second-order valence-electron chi connectivity index (χ2n) is 7.65. The van der Waals surface area contributed by atoms with Crippen molar-refractivity contribution in [3.63, 3.8) is 0 Å². The number of nitrogens with zero attached hydrogens (tertiary/aromatic N) is 2. The first-order chi connectivity index (χ1) is 14.4. The molecule has 1 unspecified atom stereocenters. The molecular formula is C23H29FN2O4. The van der Waals surface area contributed by atoms with Gasteiger partial charge in [0.15, 0.2) is 0 Å². The molecule has 1 atom stereocenters. The third kappa shape index (κ3) is 4.41. The van der Waals surface area contributed by atoms with E-state index in [1.54, 1.807) is 36.6 Å². The van der Waals surface area contributed by atoms with E-state index in [0.29, 0.717) is 44.8 Å². The van der Waals surface area contributed by atoms with E-state index >= 15 is 0 Å². The molecule has 0 radical (unpaired) electrons. The number of aryl methyl sites for hydroxylation is 1. The number of halogens is 1. The van der Waals surface area contributed by atoms with E-state index in [0.717, 1.165) is 5.56 Å². The van der Waals surface area contributed by atoms with Gasteiger partial charge in [-0.15, -0.1) is 0 Å². The van der Waals surface area contributed by atoms with Crippen LogP contribution in [0.2, 0.25) is 0 Å². The Labute approximate surface area is 175 Å². The molecule has 1 aliphatic heterocycles. The van der Waals surface area contributed by atoms with E-state index in [2.05, 4.69) is 4.90 Å². The average Bonchev–Trinajstić information content (AvgIpc) is 2.72. The van der Waals surface area contributed by atoms with E-state index < -0.39 is 6.04 Å². The van der Waals surface area contributed by atoms with Gasteiger partial charge in [0.1, 0.15) is 11.6 Å². The molecule has 1 aromatic heterocycles.